The molecule has 1 amide bonds. The molecule has 1 saturated heterocycles. The first-order valence-electron chi connectivity index (χ1n) is 8.88. The lowest BCUT2D eigenvalue weighted by molar-refractivity contribution is 0.0564. The lowest BCUT2D eigenvalue weighted by Crippen LogP contribution is -2.47. The van der Waals surface area contributed by atoms with Crippen LogP contribution >= 0.6 is 11.3 Å². The Morgan fingerprint density at radius 1 is 1.32 bits per heavy atom. The summed E-state index contributed by atoms with van der Waals surface area (Å²) in [7, 11) is 4.03. The zero-order valence-corrected chi connectivity index (χ0v) is 16.3. The molecule has 0 aromatic carbocycles. The molecule has 6 nitrogen and oxygen atoms in total. The number of carbonyl (C=O) groups is 1. The van der Waals surface area contributed by atoms with E-state index in [9.17, 15) is 4.79 Å². The minimum atomic E-state index is 0.121. The number of carbonyl (C=O) groups excluding carboxylic acids is 1. The van der Waals surface area contributed by atoms with E-state index in [0.717, 1.165) is 47.9 Å². The van der Waals surface area contributed by atoms with Crippen LogP contribution in [0, 0.1) is 5.92 Å². The van der Waals surface area contributed by atoms with Gasteiger partial charge in [0.05, 0.1) is 12.4 Å². The second-order valence-corrected chi connectivity index (χ2v) is 8.35. The van der Waals surface area contributed by atoms with Crippen LogP contribution in [0.4, 0.5) is 0 Å². The molecule has 1 aliphatic rings. The lowest BCUT2D eigenvalue weighted by atomic mass is 10.0. The van der Waals surface area contributed by atoms with Gasteiger partial charge in [-0.3, -0.25) is 9.48 Å². The van der Waals surface area contributed by atoms with Crippen LogP contribution in [0.25, 0.3) is 10.6 Å². The molecule has 25 heavy (non-hydrogen) atoms. The van der Waals surface area contributed by atoms with Crippen molar-refractivity contribution in [1.29, 1.82) is 0 Å². The first-order chi connectivity index (χ1) is 11.9. The molecule has 7 heteroatoms. The first-order valence-corrected chi connectivity index (χ1v) is 9.70. The highest BCUT2D eigenvalue weighted by Crippen LogP contribution is 2.27. The van der Waals surface area contributed by atoms with Crippen molar-refractivity contribution in [3.8, 4) is 10.6 Å². The summed E-state index contributed by atoms with van der Waals surface area (Å²) in [5, 5.41) is 5.04. The fourth-order valence-electron chi connectivity index (χ4n) is 3.28. The molecular weight excluding hydrogens is 334 g/mol. The van der Waals surface area contributed by atoms with Crippen molar-refractivity contribution in [3.05, 3.63) is 23.5 Å². The van der Waals surface area contributed by atoms with Crippen molar-refractivity contribution < 1.29 is 4.79 Å². The third-order valence-corrected chi connectivity index (χ3v) is 5.65. The van der Waals surface area contributed by atoms with E-state index in [1.54, 1.807) is 17.1 Å². The summed E-state index contributed by atoms with van der Waals surface area (Å²) < 4.78 is 1.75. The molecule has 0 radical (unpaired) electrons. The summed E-state index contributed by atoms with van der Waals surface area (Å²) in [5.74, 6) is 0.574. The third-order valence-electron chi connectivity index (χ3n) is 4.62. The third kappa shape index (κ3) is 4.27. The van der Waals surface area contributed by atoms with Gasteiger partial charge in [-0.25, -0.2) is 4.98 Å². The van der Waals surface area contributed by atoms with Crippen LogP contribution in [0.15, 0.2) is 18.6 Å². The molecule has 1 aliphatic heterocycles. The Morgan fingerprint density at radius 2 is 2.04 bits per heavy atom. The fraction of sp³-hybridized carbons (Fsp3) is 0.611. The average molecular weight is 362 g/mol. The molecular formula is C18H27N5OS. The Kier molecular flexibility index (Phi) is 5.54. The SMILES string of the molecule is CC(C)CN(C(=O)c1cnc(-c2cnn(C)c2)s1)C1CCN(C)CC1. The van der Waals surface area contributed by atoms with E-state index in [4.69, 9.17) is 0 Å². The van der Waals surface area contributed by atoms with Crippen molar-refractivity contribution in [2.24, 2.45) is 13.0 Å². The summed E-state index contributed by atoms with van der Waals surface area (Å²) in [5.41, 5.74) is 0.959. The van der Waals surface area contributed by atoms with Gasteiger partial charge >= 0.3 is 0 Å². The van der Waals surface area contributed by atoms with Crippen molar-refractivity contribution in [2.45, 2.75) is 32.7 Å². The van der Waals surface area contributed by atoms with Crippen LogP contribution in [0.1, 0.15) is 36.4 Å². The highest BCUT2D eigenvalue weighted by atomic mass is 32.1. The number of amides is 1. The van der Waals surface area contributed by atoms with Gasteiger partial charge in [0.25, 0.3) is 5.91 Å². The summed E-state index contributed by atoms with van der Waals surface area (Å²) in [6, 6.07) is 0.329. The molecule has 0 N–H and O–H groups in total. The van der Waals surface area contributed by atoms with E-state index in [2.05, 4.69) is 40.8 Å². The molecule has 0 bridgehead atoms. The quantitative estimate of drug-likeness (QED) is 0.822. The Hall–Kier alpha value is -1.73. The summed E-state index contributed by atoms with van der Waals surface area (Å²) >= 11 is 1.46. The van der Waals surface area contributed by atoms with Crippen LogP contribution in [-0.2, 0) is 7.05 Å². The molecule has 0 atom stereocenters. The van der Waals surface area contributed by atoms with Crippen molar-refractivity contribution in [2.75, 3.05) is 26.7 Å². The number of piperidine rings is 1. The van der Waals surface area contributed by atoms with E-state index in [1.165, 1.54) is 11.3 Å². The number of nitrogens with zero attached hydrogens (tertiary/aromatic N) is 5. The topological polar surface area (TPSA) is 54.3 Å². The summed E-state index contributed by atoms with van der Waals surface area (Å²) in [6.45, 7) is 7.24. The predicted octanol–water partition coefficient (Wildman–Crippen LogP) is 2.74. The number of rotatable bonds is 5. The smallest absolute Gasteiger partial charge is 0.265 e. The first kappa shape index (κ1) is 18.1. The monoisotopic (exact) mass is 361 g/mol. The predicted molar refractivity (Wildman–Crippen MR) is 101 cm³/mol. The molecule has 0 aliphatic carbocycles. The standard InChI is InChI=1S/C18H27N5OS/c1-13(2)11-23(15-5-7-21(3)8-6-15)18(24)16-10-19-17(25-16)14-9-20-22(4)12-14/h9-10,12-13,15H,5-8,11H2,1-4H3. The zero-order chi connectivity index (χ0) is 18.0. The van der Waals surface area contributed by atoms with Gasteiger partial charge in [-0.05, 0) is 38.9 Å². The van der Waals surface area contributed by atoms with Crippen LogP contribution in [-0.4, -0.2) is 63.2 Å². The second-order valence-electron chi connectivity index (χ2n) is 7.32. The minimum Gasteiger partial charge on any atom is -0.335 e. The molecule has 3 heterocycles. The van der Waals surface area contributed by atoms with Gasteiger partial charge < -0.3 is 9.80 Å². The number of hydrogen-bond donors (Lipinski definition) is 0. The van der Waals surface area contributed by atoms with Crippen molar-refractivity contribution in [3.63, 3.8) is 0 Å². The van der Waals surface area contributed by atoms with Gasteiger partial charge in [0.2, 0.25) is 0 Å². The van der Waals surface area contributed by atoms with Gasteiger partial charge in [-0.15, -0.1) is 11.3 Å². The summed E-state index contributed by atoms with van der Waals surface area (Å²) in [4.78, 5) is 22.8. The molecule has 0 spiro atoms. The molecule has 3 rings (SSSR count). The van der Waals surface area contributed by atoms with E-state index in [0.29, 0.717) is 12.0 Å². The molecule has 2 aromatic heterocycles. The van der Waals surface area contributed by atoms with E-state index in [-0.39, 0.29) is 5.91 Å². The number of aryl methyl sites for hydroxylation is 1. The largest absolute Gasteiger partial charge is 0.335 e. The van der Waals surface area contributed by atoms with Gasteiger partial charge in [0.1, 0.15) is 9.88 Å². The maximum atomic E-state index is 13.2. The van der Waals surface area contributed by atoms with Crippen LogP contribution in [0.2, 0.25) is 0 Å². The molecule has 2 aromatic rings. The van der Waals surface area contributed by atoms with Gasteiger partial charge in [-0.2, -0.15) is 5.10 Å². The van der Waals surface area contributed by atoms with Crippen molar-refractivity contribution in [1.82, 2.24) is 24.6 Å². The van der Waals surface area contributed by atoms with Gasteiger partial charge in [-0.1, -0.05) is 13.8 Å². The Balaban J connectivity index is 1.78. The number of likely N-dealkylation sites (tertiary alicyclic amines) is 1. The highest BCUT2D eigenvalue weighted by Gasteiger charge is 2.29. The van der Waals surface area contributed by atoms with Crippen LogP contribution in [0.3, 0.4) is 0 Å². The van der Waals surface area contributed by atoms with Crippen LogP contribution < -0.4 is 0 Å². The normalized spacial score (nSPS) is 16.5. The Morgan fingerprint density at radius 3 is 2.64 bits per heavy atom. The second kappa shape index (κ2) is 7.66. The highest BCUT2D eigenvalue weighted by molar-refractivity contribution is 7.16. The lowest BCUT2D eigenvalue weighted by Gasteiger charge is -2.38. The molecule has 136 valence electrons. The van der Waals surface area contributed by atoms with E-state index < -0.39 is 0 Å². The fourth-order valence-corrected chi connectivity index (χ4v) is 4.12. The molecule has 0 saturated carbocycles. The Labute approximate surface area is 153 Å². The molecule has 1 fully saturated rings. The number of hydrogen-bond acceptors (Lipinski definition) is 5. The van der Waals surface area contributed by atoms with E-state index in [1.807, 2.05) is 13.2 Å². The Bertz CT molecular complexity index is 715. The number of aromatic nitrogens is 3. The van der Waals surface area contributed by atoms with E-state index >= 15 is 0 Å². The average Bonchev–Trinajstić information content (AvgIpc) is 3.21. The van der Waals surface area contributed by atoms with Gasteiger partial charge in [0.15, 0.2) is 0 Å². The minimum absolute atomic E-state index is 0.121. The van der Waals surface area contributed by atoms with Gasteiger partial charge in [0, 0.05) is 31.4 Å². The number of thiazole rings is 1. The van der Waals surface area contributed by atoms with Crippen LogP contribution in [0.5, 0.6) is 0 Å². The summed E-state index contributed by atoms with van der Waals surface area (Å²) in [6.07, 6.45) is 7.52. The maximum Gasteiger partial charge on any atom is 0.265 e. The zero-order valence-electron chi connectivity index (χ0n) is 15.5. The molecule has 0 unspecified atom stereocenters. The van der Waals surface area contributed by atoms with Crippen molar-refractivity contribution >= 4 is 17.2 Å². The maximum absolute atomic E-state index is 13.2.